The van der Waals surface area contributed by atoms with Gasteiger partial charge in [-0.15, -0.1) is 11.6 Å². The number of sulfonamides is 1. The molecule has 5 nitrogen and oxygen atoms in total. The second-order valence-electron chi connectivity index (χ2n) is 2.87. The molecule has 0 unspecified atom stereocenters. The molecule has 1 aromatic carbocycles. The fourth-order valence-electron chi connectivity index (χ4n) is 1.00. The molecule has 88 valence electrons. The van der Waals surface area contributed by atoms with Crippen LogP contribution in [-0.4, -0.2) is 20.2 Å². The maximum atomic E-state index is 11.0. The number of hydrogen-bond donors (Lipinski definition) is 2. The molecule has 0 spiro atoms. The quantitative estimate of drug-likeness (QED) is 0.816. The van der Waals surface area contributed by atoms with Crippen molar-refractivity contribution in [3.05, 3.63) is 23.2 Å². The van der Waals surface area contributed by atoms with Gasteiger partial charge in [0, 0.05) is 5.69 Å². The van der Waals surface area contributed by atoms with E-state index in [0.717, 1.165) is 0 Å². The molecular formula is C8H8Cl2N2O3S. The zero-order chi connectivity index (χ0) is 12.3. The van der Waals surface area contributed by atoms with Crippen LogP contribution in [-0.2, 0) is 14.8 Å². The Labute approximate surface area is 103 Å². The lowest BCUT2D eigenvalue weighted by Crippen LogP contribution is -2.14. The van der Waals surface area contributed by atoms with Crippen molar-refractivity contribution in [2.75, 3.05) is 11.2 Å². The number of benzene rings is 1. The Kier molecular flexibility index (Phi) is 4.15. The number of nitrogens with two attached hydrogens (primary N) is 1. The minimum Gasteiger partial charge on any atom is -0.325 e. The second-order valence-corrected chi connectivity index (χ2v) is 5.08. The van der Waals surface area contributed by atoms with Crippen LogP contribution in [0, 0.1) is 0 Å². The molecule has 8 heteroatoms. The van der Waals surface area contributed by atoms with Crippen molar-refractivity contribution in [2.24, 2.45) is 5.14 Å². The van der Waals surface area contributed by atoms with Gasteiger partial charge in [-0.3, -0.25) is 4.79 Å². The third-order valence-corrected chi connectivity index (χ3v) is 3.28. The van der Waals surface area contributed by atoms with Crippen LogP contribution in [0.2, 0.25) is 5.02 Å². The summed E-state index contributed by atoms with van der Waals surface area (Å²) in [4.78, 5) is 10.7. The molecule has 0 heterocycles. The van der Waals surface area contributed by atoms with E-state index >= 15 is 0 Å². The van der Waals surface area contributed by atoms with Crippen molar-refractivity contribution < 1.29 is 13.2 Å². The van der Waals surface area contributed by atoms with Crippen molar-refractivity contribution in [3.8, 4) is 0 Å². The minimum atomic E-state index is -3.85. The summed E-state index contributed by atoms with van der Waals surface area (Å²) in [5.74, 6) is -0.616. The Morgan fingerprint density at radius 1 is 1.44 bits per heavy atom. The van der Waals surface area contributed by atoms with Crippen LogP contribution < -0.4 is 10.5 Å². The second kappa shape index (κ2) is 5.01. The minimum absolute atomic E-state index is 0.0603. The third kappa shape index (κ3) is 3.34. The lowest BCUT2D eigenvalue weighted by molar-refractivity contribution is -0.113. The molecule has 0 bridgehead atoms. The first-order chi connectivity index (χ1) is 7.34. The predicted octanol–water partition coefficient (Wildman–Crippen LogP) is 1.16. The Morgan fingerprint density at radius 2 is 2.06 bits per heavy atom. The highest BCUT2D eigenvalue weighted by Gasteiger charge is 2.13. The number of amides is 1. The Hall–Kier alpha value is -0.820. The van der Waals surface area contributed by atoms with Gasteiger partial charge in [0.2, 0.25) is 15.9 Å². The van der Waals surface area contributed by atoms with Crippen LogP contribution in [0.5, 0.6) is 0 Å². The van der Waals surface area contributed by atoms with Crippen LogP contribution in [0.4, 0.5) is 5.69 Å². The summed E-state index contributed by atoms with van der Waals surface area (Å²) in [5, 5.41) is 7.27. The number of halogens is 2. The number of primary sulfonamides is 1. The molecule has 1 amide bonds. The summed E-state index contributed by atoms with van der Waals surface area (Å²) in [5.41, 5.74) is 0.350. The summed E-state index contributed by atoms with van der Waals surface area (Å²) in [6, 6.07) is 3.86. The molecule has 0 aliphatic carbocycles. The Balaban J connectivity index is 3.05. The van der Waals surface area contributed by atoms with E-state index in [-0.39, 0.29) is 15.8 Å². The number of hydrogen-bond acceptors (Lipinski definition) is 3. The van der Waals surface area contributed by atoms with Crippen LogP contribution in [0.3, 0.4) is 0 Å². The first-order valence-electron chi connectivity index (χ1n) is 4.03. The van der Waals surface area contributed by atoms with Crippen molar-refractivity contribution >= 4 is 44.8 Å². The van der Waals surface area contributed by atoms with Crippen molar-refractivity contribution in [1.29, 1.82) is 0 Å². The van der Waals surface area contributed by atoms with Gasteiger partial charge in [0.25, 0.3) is 0 Å². The highest BCUT2D eigenvalue weighted by molar-refractivity contribution is 7.89. The highest BCUT2D eigenvalue weighted by atomic mass is 35.5. The molecule has 0 saturated carbocycles. The van der Waals surface area contributed by atoms with Gasteiger partial charge in [-0.2, -0.15) is 0 Å². The molecule has 0 aliphatic heterocycles. The Morgan fingerprint density at radius 3 is 2.50 bits per heavy atom. The number of carbonyl (C=O) groups excluding carboxylic acids is 1. The normalized spacial score (nSPS) is 11.2. The van der Waals surface area contributed by atoms with E-state index in [4.69, 9.17) is 28.3 Å². The fraction of sp³-hybridized carbons (Fsp3) is 0.125. The number of carbonyl (C=O) groups is 1. The van der Waals surface area contributed by atoms with E-state index in [9.17, 15) is 13.2 Å². The van der Waals surface area contributed by atoms with Gasteiger partial charge in [0.15, 0.2) is 0 Å². The Bertz CT molecular complexity index is 516. The van der Waals surface area contributed by atoms with Gasteiger partial charge < -0.3 is 5.32 Å². The van der Waals surface area contributed by atoms with E-state index in [2.05, 4.69) is 5.32 Å². The monoisotopic (exact) mass is 282 g/mol. The molecule has 0 atom stereocenters. The SMILES string of the molecule is NS(=O)(=O)c1ccc(NC(=O)CCl)cc1Cl. The van der Waals surface area contributed by atoms with Crippen LogP contribution in [0.25, 0.3) is 0 Å². The van der Waals surface area contributed by atoms with Gasteiger partial charge in [0.1, 0.15) is 10.8 Å². The summed E-state index contributed by atoms with van der Waals surface area (Å²) >= 11 is 11.0. The molecule has 1 aromatic rings. The van der Waals surface area contributed by atoms with Gasteiger partial charge in [-0.05, 0) is 18.2 Å². The van der Waals surface area contributed by atoms with E-state index in [1.807, 2.05) is 0 Å². The third-order valence-electron chi connectivity index (χ3n) is 1.64. The van der Waals surface area contributed by atoms with Crippen molar-refractivity contribution in [3.63, 3.8) is 0 Å². The van der Waals surface area contributed by atoms with E-state index in [1.165, 1.54) is 18.2 Å². The molecule has 1 rings (SSSR count). The van der Waals surface area contributed by atoms with Crippen molar-refractivity contribution in [1.82, 2.24) is 0 Å². The molecule has 16 heavy (non-hydrogen) atoms. The lowest BCUT2D eigenvalue weighted by Gasteiger charge is -2.06. The number of rotatable bonds is 3. The zero-order valence-electron chi connectivity index (χ0n) is 7.91. The maximum absolute atomic E-state index is 11.0. The standard InChI is InChI=1S/C8H8Cl2N2O3S/c9-4-8(13)12-5-1-2-7(6(10)3-5)16(11,14)15/h1-3H,4H2,(H,12,13)(H2,11,14,15). The molecule has 3 N–H and O–H groups in total. The molecule has 0 aromatic heterocycles. The smallest absolute Gasteiger partial charge is 0.239 e. The molecule has 0 radical (unpaired) electrons. The molecule has 0 fully saturated rings. The predicted molar refractivity (Wildman–Crippen MR) is 62.2 cm³/mol. The molecular weight excluding hydrogens is 275 g/mol. The fourth-order valence-corrected chi connectivity index (χ4v) is 2.16. The number of anilines is 1. The maximum Gasteiger partial charge on any atom is 0.239 e. The average molecular weight is 283 g/mol. The largest absolute Gasteiger partial charge is 0.325 e. The van der Waals surface area contributed by atoms with Gasteiger partial charge in [-0.1, -0.05) is 11.6 Å². The molecule has 0 aliphatic rings. The highest BCUT2D eigenvalue weighted by Crippen LogP contribution is 2.23. The first kappa shape index (κ1) is 13.2. The van der Waals surface area contributed by atoms with Gasteiger partial charge in [-0.25, -0.2) is 13.6 Å². The van der Waals surface area contributed by atoms with Crippen LogP contribution >= 0.6 is 23.2 Å². The number of nitrogens with one attached hydrogen (secondary N) is 1. The van der Waals surface area contributed by atoms with Gasteiger partial charge in [0.05, 0.1) is 5.02 Å². The first-order valence-corrected chi connectivity index (χ1v) is 6.48. The molecule has 0 saturated heterocycles. The lowest BCUT2D eigenvalue weighted by atomic mass is 10.3. The average Bonchev–Trinajstić information content (AvgIpc) is 2.15. The van der Waals surface area contributed by atoms with Crippen molar-refractivity contribution in [2.45, 2.75) is 4.90 Å². The van der Waals surface area contributed by atoms with Crippen LogP contribution in [0.1, 0.15) is 0 Å². The summed E-state index contributed by atoms with van der Waals surface area (Å²) in [7, 11) is -3.85. The zero-order valence-corrected chi connectivity index (χ0v) is 10.2. The van der Waals surface area contributed by atoms with Gasteiger partial charge >= 0.3 is 0 Å². The van der Waals surface area contributed by atoms with E-state index in [1.54, 1.807) is 0 Å². The summed E-state index contributed by atoms with van der Waals surface area (Å²) in [6.45, 7) is 0. The topological polar surface area (TPSA) is 89.3 Å². The summed E-state index contributed by atoms with van der Waals surface area (Å²) < 4.78 is 22.1. The van der Waals surface area contributed by atoms with E-state index in [0.29, 0.717) is 5.69 Å². The van der Waals surface area contributed by atoms with E-state index < -0.39 is 15.9 Å². The number of alkyl halides is 1. The summed E-state index contributed by atoms with van der Waals surface area (Å²) in [6.07, 6.45) is 0. The van der Waals surface area contributed by atoms with Crippen LogP contribution in [0.15, 0.2) is 23.1 Å².